The highest BCUT2D eigenvalue weighted by atomic mass is 16.5. The van der Waals surface area contributed by atoms with E-state index in [0.29, 0.717) is 17.2 Å². The molecule has 0 amide bonds. The molecule has 0 spiro atoms. The van der Waals surface area contributed by atoms with Crippen molar-refractivity contribution in [3.05, 3.63) is 65.7 Å². The van der Waals surface area contributed by atoms with Crippen LogP contribution in [0.2, 0.25) is 0 Å². The van der Waals surface area contributed by atoms with Gasteiger partial charge in [0.25, 0.3) is 0 Å². The molecule has 0 fully saturated rings. The number of hydrogen-bond donors (Lipinski definition) is 0. The third kappa shape index (κ3) is 5.41. The van der Waals surface area contributed by atoms with Crippen LogP contribution in [-0.2, 0) is 9.53 Å². The largest absolute Gasteiger partial charge is 0.493 e. The van der Waals surface area contributed by atoms with E-state index < -0.39 is 5.97 Å². The van der Waals surface area contributed by atoms with Crippen LogP contribution in [0.15, 0.2) is 54.6 Å². The number of hydrogen-bond acceptors (Lipinski definition) is 5. The van der Waals surface area contributed by atoms with Crippen molar-refractivity contribution in [2.24, 2.45) is 0 Å². The first-order valence-corrected chi connectivity index (χ1v) is 8.04. The van der Waals surface area contributed by atoms with Gasteiger partial charge in [0.05, 0.1) is 21.3 Å². The van der Waals surface area contributed by atoms with E-state index in [1.54, 1.807) is 24.3 Å². The molecular formula is C21H22O5. The van der Waals surface area contributed by atoms with E-state index in [2.05, 4.69) is 0 Å². The number of methoxy groups -OCH3 is 3. The van der Waals surface area contributed by atoms with Crippen LogP contribution in [0.25, 0.3) is 12.2 Å². The van der Waals surface area contributed by atoms with Crippen molar-refractivity contribution in [3.8, 4) is 17.2 Å². The molecule has 5 nitrogen and oxygen atoms in total. The van der Waals surface area contributed by atoms with Crippen LogP contribution < -0.4 is 14.2 Å². The van der Waals surface area contributed by atoms with Gasteiger partial charge in [0.2, 0.25) is 5.75 Å². The molecule has 0 saturated heterocycles. The van der Waals surface area contributed by atoms with Crippen LogP contribution in [0.5, 0.6) is 17.2 Å². The van der Waals surface area contributed by atoms with Crippen molar-refractivity contribution in [2.45, 2.75) is 0 Å². The predicted octanol–water partition coefficient (Wildman–Crippen LogP) is 3.98. The monoisotopic (exact) mass is 354 g/mol. The maximum atomic E-state index is 11.8. The molecule has 0 aliphatic carbocycles. The summed E-state index contributed by atoms with van der Waals surface area (Å²) < 4.78 is 21.0. The van der Waals surface area contributed by atoms with Gasteiger partial charge in [-0.3, -0.25) is 0 Å². The van der Waals surface area contributed by atoms with E-state index in [4.69, 9.17) is 18.9 Å². The summed E-state index contributed by atoms with van der Waals surface area (Å²) in [6.07, 6.45) is 6.68. The summed E-state index contributed by atoms with van der Waals surface area (Å²) >= 11 is 0. The number of carbonyl (C=O) groups excluding carboxylic acids is 1. The zero-order chi connectivity index (χ0) is 18.8. The summed E-state index contributed by atoms with van der Waals surface area (Å²) in [6.45, 7) is 0.202. The Balaban J connectivity index is 1.96. The van der Waals surface area contributed by atoms with Crippen LogP contribution in [-0.4, -0.2) is 33.9 Å². The Morgan fingerprint density at radius 1 is 0.885 bits per heavy atom. The number of esters is 1. The first kappa shape index (κ1) is 19.1. The number of benzene rings is 2. The predicted molar refractivity (Wildman–Crippen MR) is 102 cm³/mol. The van der Waals surface area contributed by atoms with Crippen molar-refractivity contribution >= 4 is 18.1 Å². The molecule has 0 heterocycles. The third-order valence-corrected chi connectivity index (χ3v) is 3.53. The number of rotatable bonds is 8. The normalized spacial score (nSPS) is 10.9. The third-order valence-electron chi connectivity index (χ3n) is 3.53. The lowest BCUT2D eigenvalue weighted by atomic mass is 10.1. The summed E-state index contributed by atoms with van der Waals surface area (Å²) in [6, 6.07) is 13.3. The highest BCUT2D eigenvalue weighted by molar-refractivity contribution is 5.87. The Labute approximate surface area is 153 Å². The summed E-state index contributed by atoms with van der Waals surface area (Å²) in [4.78, 5) is 11.8. The maximum absolute atomic E-state index is 11.8. The fourth-order valence-electron chi connectivity index (χ4n) is 2.29. The molecule has 0 aliphatic rings. The Morgan fingerprint density at radius 2 is 1.54 bits per heavy atom. The molecule has 0 saturated carbocycles. The quantitative estimate of drug-likeness (QED) is 0.530. The van der Waals surface area contributed by atoms with Gasteiger partial charge in [0, 0.05) is 6.08 Å². The second kappa shape index (κ2) is 9.93. The van der Waals surface area contributed by atoms with Gasteiger partial charge in [0.1, 0.15) is 6.61 Å². The summed E-state index contributed by atoms with van der Waals surface area (Å²) in [7, 11) is 4.62. The van der Waals surface area contributed by atoms with E-state index in [9.17, 15) is 4.79 Å². The summed E-state index contributed by atoms with van der Waals surface area (Å²) in [5, 5.41) is 0. The molecular weight excluding hydrogens is 332 g/mol. The molecule has 5 heteroatoms. The number of ether oxygens (including phenoxy) is 4. The van der Waals surface area contributed by atoms with Crippen LogP contribution in [0.3, 0.4) is 0 Å². The first-order valence-electron chi connectivity index (χ1n) is 8.04. The Morgan fingerprint density at radius 3 is 2.12 bits per heavy atom. The van der Waals surface area contributed by atoms with Gasteiger partial charge in [-0.25, -0.2) is 4.79 Å². The molecule has 136 valence electrons. The Kier molecular flexibility index (Phi) is 7.31. The van der Waals surface area contributed by atoms with Crippen molar-refractivity contribution in [1.29, 1.82) is 0 Å². The smallest absolute Gasteiger partial charge is 0.331 e. The van der Waals surface area contributed by atoms with Gasteiger partial charge in [-0.1, -0.05) is 36.4 Å². The van der Waals surface area contributed by atoms with Crippen molar-refractivity contribution in [3.63, 3.8) is 0 Å². The molecule has 0 unspecified atom stereocenters. The van der Waals surface area contributed by atoms with E-state index >= 15 is 0 Å². The fraction of sp³-hybridized carbons (Fsp3) is 0.190. The van der Waals surface area contributed by atoms with E-state index in [1.165, 1.54) is 27.4 Å². The summed E-state index contributed by atoms with van der Waals surface area (Å²) in [5.41, 5.74) is 1.78. The molecule has 2 aromatic rings. The van der Waals surface area contributed by atoms with Crippen molar-refractivity contribution in [1.82, 2.24) is 0 Å². The number of carbonyl (C=O) groups is 1. The molecule has 26 heavy (non-hydrogen) atoms. The first-order chi connectivity index (χ1) is 12.7. The molecule has 2 rings (SSSR count). The van der Waals surface area contributed by atoms with Gasteiger partial charge in [-0.15, -0.1) is 0 Å². The zero-order valence-corrected chi connectivity index (χ0v) is 15.1. The van der Waals surface area contributed by atoms with E-state index in [1.807, 2.05) is 36.4 Å². The lowest BCUT2D eigenvalue weighted by Gasteiger charge is -2.12. The van der Waals surface area contributed by atoms with Gasteiger partial charge in [-0.2, -0.15) is 0 Å². The van der Waals surface area contributed by atoms with Gasteiger partial charge in [-0.05, 0) is 35.4 Å². The average Bonchev–Trinajstić information content (AvgIpc) is 2.69. The zero-order valence-electron chi connectivity index (χ0n) is 15.1. The Bertz CT molecular complexity index is 753. The molecule has 2 aromatic carbocycles. The van der Waals surface area contributed by atoms with Crippen molar-refractivity contribution < 1.29 is 23.7 Å². The fourth-order valence-corrected chi connectivity index (χ4v) is 2.29. The minimum absolute atomic E-state index is 0.202. The maximum Gasteiger partial charge on any atom is 0.331 e. The standard InChI is InChI=1S/C21H22O5/c1-23-18-14-17(15-19(24-2)21(18)25-3)11-12-20(22)26-13-7-10-16-8-5-4-6-9-16/h4-12,14-15H,13H2,1-3H3/b10-7+,12-11+. The summed E-state index contributed by atoms with van der Waals surface area (Å²) in [5.74, 6) is 1.11. The van der Waals surface area contributed by atoms with Crippen LogP contribution >= 0.6 is 0 Å². The molecule has 0 bridgehead atoms. The Hall–Kier alpha value is -3.21. The lowest BCUT2D eigenvalue weighted by molar-refractivity contribution is -0.136. The minimum Gasteiger partial charge on any atom is -0.493 e. The minimum atomic E-state index is -0.434. The molecule has 0 aliphatic heterocycles. The molecule has 0 atom stereocenters. The second-order valence-electron chi connectivity index (χ2n) is 5.24. The SMILES string of the molecule is COc1cc(/C=C/C(=O)OC/C=C/c2ccccc2)cc(OC)c1OC. The topological polar surface area (TPSA) is 54.0 Å². The van der Waals surface area contributed by atoms with Crippen LogP contribution in [0.4, 0.5) is 0 Å². The molecule has 0 radical (unpaired) electrons. The second-order valence-corrected chi connectivity index (χ2v) is 5.24. The molecule has 0 aromatic heterocycles. The van der Waals surface area contributed by atoms with Crippen LogP contribution in [0, 0.1) is 0 Å². The lowest BCUT2D eigenvalue weighted by Crippen LogP contribution is -2.00. The van der Waals surface area contributed by atoms with Gasteiger partial charge < -0.3 is 18.9 Å². The van der Waals surface area contributed by atoms with Crippen molar-refractivity contribution in [2.75, 3.05) is 27.9 Å². The van der Waals surface area contributed by atoms with Crippen LogP contribution in [0.1, 0.15) is 11.1 Å². The average molecular weight is 354 g/mol. The molecule has 0 N–H and O–H groups in total. The van der Waals surface area contributed by atoms with Gasteiger partial charge >= 0.3 is 5.97 Å². The highest BCUT2D eigenvalue weighted by Gasteiger charge is 2.12. The van der Waals surface area contributed by atoms with Gasteiger partial charge in [0.15, 0.2) is 11.5 Å². The highest BCUT2D eigenvalue weighted by Crippen LogP contribution is 2.38. The van der Waals surface area contributed by atoms with E-state index in [0.717, 1.165) is 11.1 Å². The van der Waals surface area contributed by atoms with E-state index in [-0.39, 0.29) is 6.61 Å².